The van der Waals surface area contributed by atoms with Crippen LogP contribution < -0.4 is 89.1 Å². The Labute approximate surface area is 506 Å². The van der Waals surface area contributed by atoms with E-state index in [-0.39, 0.29) is 58.9 Å². The van der Waals surface area contributed by atoms with Crippen molar-refractivity contribution in [2.24, 2.45) is 5.92 Å². The number of allylic oxidation sites excluding steroid dienone is 4. The molecule has 3 aromatic rings. The van der Waals surface area contributed by atoms with Crippen molar-refractivity contribution < 1.29 is 21.7 Å². The van der Waals surface area contributed by atoms with Crippen molar-refractivity contribution in [3.05, 3.63) is 22.8 Å². The molecule has 1 aliphatic carbocycles. The molecule has 0 bridgehead atoms. The Morgan fingerprint density at radius 1 is 0.260 bits per heavy atom. The second-order valence-electron chi connectivity index (χ2n) is 22.9. The van der Waals surface area contributed by atoms with Crippen LogP contribution in [0.5, 0.6) is 0 Å². The zero-order chi connectivity index (χ0) is 56.6. The summed E-state index contributed by atoms with van der Waals surface area (Å²) in [7, 11) is 64.1. The van der Waals surface area contributed by atoms with Gasteiger partial charge < -0.3 is 73.5 Å². The third-order valence-electron chi connectivity index (χ3n) is 13.8. The molecular weight excluding hydrogens is 1080 g/mol. The Morgan fingerprint density at radius 3 is 0.468 bits per heavy atom. The van der Waals surface area contributed by atoms with Crippen LogP contribution in [0.4, 0.5) is 85.3 Å². The minimum Gasteiger partial charge on any atom is -0.376 e. The molecule has 1 unspecified atom stereocenters. The summed E-state index contributed by atoms with van der Waals surface area (Å²) in [6.07, 6.45) is 3.36. The van der Waals surface area contributed by atoms with E-state index in [1.54, 1.807) is 0 Å². The Balaban J connectivity index is 0. The Kier molecular flexibility index (Phi) is 28.7. The minimum atomic E-state index is -2.25. The standard InChI is InChI=1S/C48H90N15Si.C9H13.3ClH.Ti/c1-49(2)31-34(52(7)8)40(58(19)20)46(41(59(21)22)35(31)53(9)10)64(47-42(60(23)24)36(54(11)12)32(50(3)4)37(55(13)14)43(47)61(25)26)48-44(62(27)28)38(56(15)16)33(51(5)6)39(57(17)18)45(48)63(29)30;1-6-5-7(2)9(4)8(6)3;;;;/h1-30H3;6H,1-4H3;3*1H;/q;-1;;;;. The SMILES string of the molecule is CC1=[C-]C(C)C(C)=C1C.CN(C)c1c(N(C)C)c(N(C)C)c([Si](c2c(N(C)C)c(N(C)C)c(N(C)C)c(N(C)C)c2N(C)C)c2c(N(C)C)c(N(C)C)c(N(C)C)c(N(C)C)c2N(C)C)c(N(C)C)c1N(C)C.Cl.Cl.Cl.[Ti]. The summed E-state index contributed by atoms with van der Waals surface area (Å²) >= 11 is 0. The summed E-state index contributed by atoms with van der Waals surface area (Å²) in [5.74, 6) is 0.560. The van der Waals surface area contributed by atoms with Crippen molar-refractivity contribution in [3.8, 4) is 0 Å². The smallest absolute Gasteiger partial charge is 0.171 e. The van der Waals surface area contributed by atoms with Gasteiger partial charge in [0.05, 0.1) is 85.3 Å². The van der Waals surface area contributed by atoms with Crippen molar-refractivity contribution >= 4 is 147 Å². The molecule has 1 radical (unpaired) electrons. The first kappa shape index (κ1) is 75.0. The summed E-state index contributed by atoms with van der Waals surface area (Å²) in [5, 5.41) is 3.94. The molecule has 1 aliphatic rings. The molecule has 0 aromatic heterocycles. The first-order chi connectivity index (χ1) is 33.4. The predicted octanol–water partition coefficient (Wildman–Crippen LogP) is 7.18. The maximum atomic E-state index is 3.36. The van der Waals surface area contributed by atoms with Crippen LogP contribution in [0.3, 0.4) is 0 Å². The number of anilines is 15. The number of benzene rings is 3. The van der Waals surface area contributed by atoms with Gasteiger partial charge in [0.25, 0.3) is 0 Å². The number of rotatable bonds is 18. The van der Waals surface area contributed by atoms with Crippen LogP contribution in [0.1, 0.15) is 27.7 Å². The van der Waals surface area contributed by atoms with E-state index in [2.05, 4.69) is 319 Å². The number of halogens is 3. The minimum absolute atomic E-state index is 0. The van der Waals surface area contributed by atoms with Gasteiger partial charge in [-0.25, -0.2) is 5.57 Å². The van der Waals surface area contributed by atoms with E-state index in [0.717, 1.165) is 0 Å². The van der Waals surface area contributed by atoms with Crippen LogP contribution in [0.25, 0.3) is 0 Å². The van der Waals surface area contributed by atoms with E-state index >= 15 is 0 Å². The Morgan fingerprint density at radius 2 is 0.390 bits per heavy atom. The molecule has 0 fully saturated rings. The Bertz CT molecular complexity index is 2150. The van der Waals surface area contributed by atoms with Crippen LogP contribution in [0.2, 0.25) is 0 Å². The average Bonchev–Trinajstić information content (AvgIpc) is 3.47. The van der Waals surface area contributed by atoms with Crippen LogP contribution in [0.15, 0.2) is 16.7 Å². The molecule has 20 heteroatoms. The first-order valence-electron chi connectivity index (χ1n) is 25.4. The summed E-state index contributed by atoms with van der Waals surface area (Å²) in [4.78, 5) is 35.2. The summed E-state index contributed by atoms with van der Waals surface area (Å²) in [5.41, 5.74) is 22.0. The van der Waals surface area contributed by atoms with Gasteiger partial charge in [0.2, 0.25) is 0 Å². The van der Waals surface area contributed by atoms with Crippen molar-refractivity contribution in [3.63, 3.8) is 0 Å². The van der Waals surface area contributed by atoms with Crippen LogP contribution in [-0.2, 0) is 21.7 Å². The second-order valence-corrected chi connectivity index (χ2v) is 25.2. The largest absolute Gasteiger partial charge is 0.376 e. The average molecular weight is 1180 g/mol. The van der Waals surface area contributed by atoms with Crippen molar-refractivity contribution in [1.29, 1.82) is 0 Å². The van der Waals surface area contributed by atoms with E-state index in [1.807, 2.05) is 0 Å². The molecule has 0 spiro atoms. The maximum absolute atomic E-state index is 3.36. The monoisotopic (exact) mass is 1180 g/mol. The van der Waals surface area contributed by atoms with Crippen molar-refractivity contribution in [2.75, 3.05) is 285 Å². The van der Waals surface area contributed by atoms with Gasteiger partial charge in [0.15, 0.2) is 8.80 Å². The second kappa shape index (κ2) is 29.4. The van der Waals surface area contributed by atoms with Gasteiger partial charge in [-0.3, -0.25) is 6.08 Å². The number of hydrogen-bond donors (Lipinski definition) is 0. The quantitative estimate of drug-likeness (QED) is 0.0735. The normalized spacial score (nSPS) is 12.4. The molecule has 0 saturated heterocycles. The molecule has 15 nitrogen and oxygen atoms in total. The van der Waals surface area contributed by atoms with E-state index in [0.29, 0.717) is 5.92 Å². The molecule has 1 atom stereocenters. The molecule has 3 aromatic carbocycles. The maximum Gasteiger partial charge on any atom is 0.171 e. The fraction of sp³-hybridized carbons (Fsp3) is 0.614. The topological polar surface area (TPSA) is 48.6 Å². The van der Waals surface area contributed by atoms with E-state index in [4.69, 9.17) is 0 Å². The third-order valence-corrected chi connectivity index (χ3v) is 16.7. The number of hydrogen-bond acceptors (Lipinski definition) is 15. The molecule has 0 N–H and O–H groups in total. The zero-order valence-electron chi connectivity index (χ0n) is 54.5. The molecule has 0 heterocycles. The molecule has 4 rings (SSSR count). The molecule has 0 saturated carbocycles. The van der Waals surface area contributed by atoms with Gasteiger partial charge in [0, 0.05) is 233 Å². The van der Waals surface area contributed by atoms with Gasteiger partial charge in [-0.15, -0.1) is 44.1 Å². The van der Waals surface area contributed by atoms with Gasteiger partial charge in [-0.2, -0.15) is 11.1 Å². The van der Waals surface area contributed by atoms with E-state index in [9.17, 15) is 0 Å². The molecule has 439 valence electrons. The zero-order valence-corrected chi connectivity index (χ0v) is 59.5. The molecule has 0 aliphatic heterocycles. The van der Waals surface area contributed by atoms with Crippen LogP contribution in [-0.4, -0.2) is 220 Å². The van der Waals surface area contributed by atoms with Crippen LogP contribution >= 0.6 is 37.2 Å². The van der Waals surface area contributed by atoms with Gasteiger partial charge in [-0.05, 0) is 15.6 Å². The summed E-state index contributed by atoms with van der Waals surface area (Å²) in [6.45, 7) is 8.67. The predicted molar refractivity (Wildman–Crippen MR) is 361 cm³/mol. The van der Waals surface area contributed by atoms with Gasteiger partial charge in [-0.1, -0.05) is 26.7 Å². The molecule has 77 heavy (non-hydrogen) atoms. The fourth-order valence-corrected chi connectivity index (χ4v) is 15.0. The summed E-state index contributed by atoms with van der Waals surface area (Å²) in [6, 6.07) is 0. The Hall–Kier alpha value is -4.06. The first-order valence-corrected chi connectivity index (χ1v) is 26.9. The van der Waals surface area contributed by atoms with Crippen molar-refractivity contribution in [1.82, 2.24) is 0 Å². The molecular formula is C57H106Cl3N15SiTi-. The van der Waals surface area contributed by atoms with E-state index < -0.39 is 8.80 Å². The number of nitrogens with zero attached hydrogens (tertiary/aromatic N) is 15. The fourth-order valence-electron chi connectivity index (χ4n) is 10.7. The van der Waals surface area contributed by atoms with E-state index in [1.165, 1.54) is 118 Å². The molecule has 0 amide bonds. The third kappa shape index (κ3) is 14.5. The van der Waals surface area contributed by atoms with Gasteiger partial charge in [0.1, 0.15) is 0 Å². The van der Waals surface area contributed by atoms with Crippen molar-refractivity contribution in [2.45, 2.75) is 27.7 Å². The summed E-state index contributed by atoms with van der Waals surface area (Å²) < 4.78 is 0. The van der Waals surface area contributed by atoms with Crippen LogP contribution in [0, 0.1) is 12.0 Å². The van der Waals surface area contributed by atoms with Gasteiger partial charge >= 0.3 is 0 Å².